The Morgan fingerprint density at radius 3 is 2.80 bits per heavy atom. The maximum Gasteiger partial charge on any atom is 0.0872 e. The van der Waals surface area contributed by atoms with Gasteiger partial charge in [-0.3, -0.25) is 0 Å². The van der Waals surface area contributed by atoms with Crippen LogP contribution in [0, 0.1) is 5.92 Å². The summed E-state index contributed by atoms with van der Waals surface area (Å²) < 4.78 is 5.11. The molecule has 10 heavy (non-hydrogen) atoms. The second kappa shape index (κ2) is 6.78. The van der Waals surface area contributed by atoms with Crippen LogP contribution in [0.15, 0.2) is 12.7 Å². The van der Waals surface area contributed by atoms with E-state index in [1.165, 1.54) is 0 Å². The van der Waals surface area contributed by atoms with Gasteiger partial charge in [0.1, 0.15) is 0 Å². The zero-order valence-corrected chi connectivity index (χ0v) is 6.51. The van der Waals surface area contributed by atoms with Crippen LogP contribution in [0.25, 0.3) is 0 Å². The Kier molecular flexibility index (Phi) is 6.55. The quantitative estimate of drug-likeness (QED) is 0.410. The molecule has 0 saturated heterocycles. The van der Waals surface area contributed by atoms with E-state index < -0.39 is 0 Å². The van der Waals surface area contributed by atoms with Gasteiger partial charge >= 0.3 is 0 Å². The van der Waals surface area contributed by atoms with Crippen LogP contribution in [0.5, 0.6) is 0 Å². The van der Waals surface area contributed by atoms with Crippen LogP contribution in [0.4, 0.5) is 0 Å². The summed E-state index contributed by atoms with van der Waals surface area (Å²) in [7, 11) is 0. The average Bonchev–Trinajstić information content (AvgIpc) is 1.99. The van der Waals surface area contributed by atoms with Gasteiger partial charge < -0.3 is 4.74 Å². The zero-order chi connectivity index (χ0) is 7.82. The van der Waals surface area contributed by atoms with Crippen molar-refractivity contribution in [1.29, 1.82) is 0 Å². The molecule has 59 valence electrons. The minimum absolute atomic E-state index is 0.0341. The summed E-state index contributed by atoms with van der Waals surface area (Å²) in [6.45, 7) is 6.60. The number of rotatable bonds is 6. The van der Waals surface area contributed by atoms with E-state index in [1.807, 2.05) is 6.92 Å². The molecule has 0 aromatic heterocycles. The third-order valence-corrected chi connectivity index (χ3v) is 1.40. The normalized spacial score (nSPS) is 13.0. The molecule has 2 nitrogen and oxygen atoms in total. The first kappa shape index (κ1) is 9.66. The number of ether oxygens (including phenoxy) is 1. The lowest BCUT2D eigenvalue weighted by Crippen LogP contribution is -2.11. The highest BCUT2D eigenvalue weighted by Gasteiger charge is 2.03. The van der Waals surface area contributed by atoms with Crippen LogP contribution in [0.1, 0.15) is 13.3 Å². The maximum absolute atomic E-state index is 10.3. The van der Waals surface area contributed by atoms with Crippen molar-refractivity contribution in [2.75, 3.05) is 19.8 Å². The van der Waals surface area contributed by atoms with Gasteiger partial charge in [0, 0.05) is 5.92 Å². The predicted octanol–water partition coefficient (Wildman–Crippen LogP) is 1.65. The van der Waals surface area contributed by atoms with Crippen LogP contribution in [-0.2, 0) is 9.84 Å². The van der Waals surface area contributed by atoms with Gasteiger partial charge in [-0.05, 0) is 6.42 Å². The minimum Gasteiger partial charge on any atom is -0.377 e. The van der Waals surface area contributed by atoms with Crippen LogP contribution < -0.4 is 0 Å². The highest BCUT2D eigenvalue weighted by molar-refractivity contribution is 4.64. The monoisotopic (exact) mass is 143 g/mol. The van der Waals surface area contributed by atoms with Gasteiger partial charge in [0.05, 0.1) is 19.8 Å². The zero-order valence-electron chi connectivity index (χ0n) is 6.51. The molecule has 1 atom stereocenters. The van der Waals surface area contributed by atoms with E-state index in [4.69, 9.17) is 4.74 Å². The second-order valence-electron chi connectivity index (χ2n) is 2.27. The third-order valence-electron chi connectivity index (χ3n) is 1.40. The smallest absolute Gasteiger partial charge is 0.0872 e. The van der Waals surface area contributed by atoms with E-state index in [-0.39, 0.29) is 12.5 Å². The first-order valence-corrected chi connectivity index (χ1v) is 3.61. The fourth-order valence-corrected chi connectivity index (χ4v) is 0.602. The molecule has 0 heterocycles. The molecule has 0 fully saturated rings. The Hall–Kier alpha value is -0.340. The van der Waals surface area contributed by atoms with Crippen molar-refractivity contribution in [3.8, 4) is 0 Å². The molecule has 0 N–H and O–H groups in total. The number of hydrogen-bond acceptors (Lipinski definition) is 1. The Morgan fingerprint density at radius 2 is 2.40 bits per heavy atom. The third kappa shape index (κ3) is 4.53. The van der Waals surface area contributed by atoms with Crippen LogP contribution in [0.2, 0.25) is 0 Å². The largest absolute Gasteiger partial charge is 0.377 e. The molecule has 0 rings (SSSR count). The van der Waals surface area contributed by atoms with E-state index in [9.17, 15) is 5.11 Å². The Bertz CT molecular complexity index is 77.3. The molecular formula is C8H15O2. The SMILES string of the molecule is C=CCOCC(CC)C[O]. The van der Waals surface area contributed by atoms with Gasteiger partial charge in [-0.15, -0.1) is 6.58 Å². The van der Waals surface area contributed by atoms with Crippen LogP contribution in [-0.4, -0.2) is 19.8 Å². The fraction of sp³-hybridized carbons (Fsp3) is 0.750. The molecule has 1 radical (unpaired) electrons. The lowest BCUT2D eigenvalue weighted by atomic mass is 10.1. The summed E-state index contributed by atoms with van der Waals surface area (Å²) in [5.41, 5.74) is 0. The molecule has 0 aliphatic heterocycles. The molecule has 0 amide bonds. The molecule has 0 aliphatic carbocycles. The number of hydrogen-bond donors (Lipinski definition) is 0. The Morgan fingerprint density at radius 1 is 1.70 bits per heavy atom. The van der Waals surface area contributed by atoms with E-state index in [1.54, 1.807) is 6.08 Å². The summed E-state index contributed by atoms with van der Waals surface area (Å²) in [6, 6.07) is 0. The summed E-state index contributed by atoms with van der Waals surface area (Å²) in [4.78, 5) is 0. The first-order chi connectivity index (χ1) is 4.85. The van der Waals surface area contributed by atoms with E-state index in [2.05, 4.69) is 6.58 Å². The topological polar surface area (TPSA) is 29.1 Å². The lowest BCUT2D eigenvalue weighted by molar-refractivity contribution is 0.0623. The van der Waals surface area contributed by atoms with Crippen molar-refractivity contribution >= 4 is 0 Å². The second-order valence-corrected chi connectivity index (χ2v) is 2.27. The molecule has 0 bridgehead atoms. The Balaban J connectivity index is 3.16. The van der Waals surface area contributed by atoms with Gasteiger partial charge in [-0.25, -0.2) is 5.11 Å². The average molecular weight is 143 g/mol. The molecular weight excluding hydrogens is 128 g/mol. The Labute approximate surface area is 62.5 Å². The van der Waals surface area contributed by atoms with Crippen molar-refractivity contribution in [3.05, 3.63) is 12.7 Å². The molecule has 0 spiro atoms. The van der Waals surface area contributed by atoms with E-state index in [0.29, 0.717) is 13.2 Å². The molecule has 0 aliphatic rings. The van der Waals surface area contributed by atoms with Crippen LogP contribution in [0.3, 0.4) is 0 Å². The first-order valence-electron chi connectivity index (χ1n) is 3.61. The van der Waals surface area contributed by atoms with Gasteiger partial charge in [-0.1, -0.05) is 13.0 Å². The van der Waals surface area contributed by atoms with Crippen molar-refractivity contribution in [2.45, 2.75) is 13.3 Å². The molecule has 0 aromatic carbocycles. The highest BCUT2D eigenvalue weighted by atomic mass is 16.5. The van der Waals surface area contributed by atoms with Crippen molar-refractivity contribution in [2.24, 2.45) is 5.92 Å². The lowest BCUT2D eigenvalue weighted by Gasteiger charge is -2.08. The van der Waals surface area contributed by atoms with Crippen molar-refractivity contribution in [1.82, 2.24) is 0 Å². The fourth-order valence-electron chi connectivity index (χ4n) is 0.602. The summed E-state index contributed by atoms with van der Waals surface area (Å²) in [6.07, 6.45) is 2.60. The summed E-state index contributed by atoms with van der Waals surface area (Å²) in [5.74, 6) is 0.181. The molecule has 2 heteroatoms. The van der Waals surface area contributed by atoms with Crippen molar-refractivity contribution < 1.29 is 9.84 Å². The molecule has 1 unspecified atom stereocenters. The minimum atomic E-state index is -0.0341. The summed E-state index contributed by atoms with van der Waals surface area (Å²) in [5, 5.41) is 10.3. The van der Waals surface area contributed by atoms with Gasteiger partial charge in [0.2, 0.25) is 0 Å². The standard InChI is InChI=1S/C8H15O2/c1-3-5-10-7-8(4-2)6-9/h3,8H,1,4-7H2,2H3. The summed E-state index contributed by atoms with van der Waals surface area (Å²) >= 11 is 0. The van der Waals surface area contributed by atoms with E-state index >= 15 is 0 Å². The molecule has 0 aromatic rings. The highest BCUT2D eigenvalue weighted by Crippen LogP contribution is 2.01. The van der Waals surface area contributed by atoms with Gasteiger partial charge in [-0.2, -0.15) is 0 Å². The predicted molar refractivity (Wildman–Crippen MR) is 40.4 cm³/mol. The van der Waals surface area contributed by atoms with Crippen LogP contribution >= 0.6 is 0 Å². The van der Waals surface area contributed by atoms with Gasteiger partial charge in [0.15, 0.2) is 0 Å². The van der Waals surface area contributed by atoms with E-state index in [0.717, 1.165) is 6.42 Å². The van der Waals surface area contributed by atoms with Crippen molar-refractivity contribution in [3.63, 3.8) is 0 Å². The molecule has 0 saturated carbocycles. The maximum atomic E-state index is 10.3. The van der Waals surface area contributed by atoms with Gasteiger partial charge in [0.25, 0.3) is 0 Å².